The quantitative estimate of drug-likeness (QED) is 0.436. The van der Waals surface area contributed by atoms with E-state index in [9.17, 15) is 0 Å². The summed E-state index contributed by atoms with van der Waals surface area (Å²) in [7, 11) is 1.73. The van der Waals surface area contributed by atoms with Crippen LogP contribution in [0.1, 0.15) is 55.4 Å². The van der Waals surface area contributed by atoms with E-state index in [2.05, 4.69) is 80.4 Å². The molecular weight excluding hydrogens is 462 g/mol. The van der Waals surface area contributed by atoms with Gasteiger partial charge in [0.2, 0.25) is 6.79 Å². The molecule has 5 nitrogen and oxygen atoms in total. The molecule has 0 aromatic heterocycles. The summed E-state index contributed by atoms with van der Waals surface area (Å²) in [5.41, 5.74) is 10.2. The molecule has 0 saturated carbocycles. The molecule has 6 rings (SSSR count). The third-order valence-electron chi connectivity index (χ3n) is 7.69. The molecule has 2 aromatic rings. The predicted molar refractivity (Wildman–Crippen MR) is 145 cm³/mol. The molecule has 0 bridgehead atoms. The summed E-state index contributed by atoms with van der Waals surface area (Å²) in [6.45, 7) is 8.49. The van der Waals surface area contributed by atoms with E-state index in [0.717, 1.165) is 43.1 Å². The van der Waals surface area contributed by atoms with Crippen molar-refractivity contribution < 1.29 is 18.9 Å². The standard InChI is InChI=1S/C32H35NO4/c1-5-14-35-32-27-18-33-13-12-23-16-29-30(37-19-36-29)17-25(23)31(33)26(24(27)10-11-28(32)34-4)15-21-6-8-22(9-7-21)20(2)3/h6-11,16-18,20,32H,5,12-15,19H2,1-4H3. The number of rotatable bonds is 7. The Labute approximate surface area is 219 Å². The Hall–Kier alpha value is -3.44. The van der Waals surface area contributed by atoms with E-state index in [-0.39, 0.29) is 12.9 Å². The van der Waals surface area contributed by atoms with Gasteiger partial charge in [-0.15, -0.1) is 0 Å². The van der Waals surface area contributed by atoms with Gasteiger partial charge in [-0.2, -0.15) is 0 Å². The normalized spacial score (nSPS) is 19.6. The highest BCUT2D eigenvalue weighted by molar-refractivity contribution is 5.82. The lowest BCUT2D eigenvalue weighted by molar-refractivity contribution is 0.0609. The number of fused-ring (bicyclic) bond motifs is 5. The van der Waals surface area contributed by atoms with Gasteiger partial charge in [0, 0.05) is 36.9 Å². The number of hydrogen-bond donors (Lipinski definition) is 0. The van der Waals surface area contributed by atoms with Crippen molar-refractivity contribution >= 4 is 5.70 Å². The fourth-order valence-electron chi connectivity index (χ4n) is 5.72. The molecule has 1 atom stereocenters. The minimum absolute atomic E-state index is 0.206. The molecule has 2 aromatic carbocycles. The van der Waals surface area contributed by atoms with Gasteiger partial charge in [-0.3, -0.25) is 0 Å². The highest BCUT2D eigenvalue weighted by Crippen LogP contribution is 2.47. The largest absolute Gasteiger partial charge is 0.498 e. The van der Waals surface area contributed by atoms with Crippen molar-refractivity contribution in [3.8, 4) is 11.5 Å². The van der Waals surface area contributed by atoms with Crippen LogP contribution in [0.2, 0.25) is 0 Å². The summed E-state index contributed by atoms with van der Waals surface area (Å²) in [5, 5.41) is 0. The molecule has 3 heterocycles. The molecular formula is C32H35NO4. The van der Waals surface area contributed by atoms with E-state index >= 15 is 0 Å². The maximum absolute atomic E-state index is 6.37. The average molecular weight is 498 g/mol. The number of benzene rings is 2. The zero-order valence-corrected chi connectivity index (χ0v) is 22.2. The molecule has 5 heteroatoms. The highest BCUT2D eigenvalue weighted by atomic mass is 16.7. The van der Waals surface area contributed by atoms with Crippen molar-refractivity contribution in [2.45, 2.75) is 52.1 Å². The van der Waals surface area contributed by atoms with Gasteiger partial charge in [-0.05, 0) is 64.8 Å². The molecule has 0 fully saturated rings. The molecule has 0 spiro atoms. The van der Waals surface area contributed by atoms with Gasteiger partial charge in [-0.1, -0.05) is 51.1 Å². The Bertz CT molecular complexity index is 1330. The lowest BCUT2D eigenvalue weighted by atomic mass is 9.79. The molecule has 37 heavy (non-hydrogen) atoms. The molecule has 0 saturated heterocycles. The van der Waals surface area contributed by atoms with Crippen LogP contribution < -0.4 is 9.47 Å². The molecule has 192 valence electrons. The zero-order chi connectivity index (χ0) is 25.5. The van der Waals surface area contributed by atoms with Crippen LogP contribution in [0.25, 0.3) is 5.70 Å². The average Bonchev–Trinajstić information content (AvgIpc) is 3.37. The maximum Gasteiger partial charge on any atom is 0.231 e. The van der Waals surface area contributed by atoms with Gasteiger partial charge < -0.3 is 23.8 Å². The Morgan fingerprint density at radius 2 is 1.84 bits per heavy atom. The van der Waals surface area contributed by atoms with Crippen molar-refractivity contribution in [3.63, 3.8) is 0 Å². The van der Waals surface area contributed by atoms with Crippen LogP contribution >= 0.6 is 0 Å². The van der Waals surface area contributed by atoms with Gasteiger partial charge in [0.15, 0.2) is 11.5 Å². The summed E-state index contributed by atoms with van der Waals surface area (Å²) >= 11 is 0. The topological polar surface area (TPSA) is 40.2 Å². The van der Waals surface area contributed by atoms with Crippen LogP contribution in [0.5, 0.6) is 11.5 Å². The minimum atomic E-state index is -0.206. The molecule has 3 aliphatic heterocycles. The first kappa shape index (κ1) is 23.9. The van der Waals surface area contributed by atoms with Crippen LogP contribution in [0.4, 0.5) is 0 Å². The third-order valence-corrected chi connectivity index (χ3v) is 7.69. The molecule has 0 amide bonds. The lowest BCUT2D eigenvalue weighted by Gasteiger charge is -2.40. The smallest absolute Gasteiger partial charge is 0.231 e. The van der Waals surface area contributed by atoms with Crippen LogP contribution in [-0.4, -0.2) is 38.1 Å². The van der Waals surface area contributed by atoms with Crippen LogP contribution in [-0.2, 0) is 22.3 Å². The molecule has 1 aliphatic carbocycles. The van der Waals surface area contributed by atoms with Gasteiger partial charge in [0.25, 0.3) is 0 Å². The first-order valence-electron chi connectivity index (χ1n) is 13.4. The number of nitrogens with zero attached hydrogens (tertiary/aromatic N) is 1. The van der Waals surface area contributed by atoms with Gasteiger partial charge in [0.1, 0.15) is 11.9 Å². The lowest BCUT2D eigenvalue weighted by Crippen LogP contribution is -2.34. The van der Waals surface area contributed by atoms with E-state index in [1.807, 2.05) is 0 Å². The maximum atomic E-state index is 6.37. The first-order valence-corrected chi connectivity index (χ1v) is 13.4. The Morgan fingerprint density at radius 1 is 1.05 bits per heavy atom. The summed E-state index contributed by atoms with van der Waals surface area (Å²) in [4.78, 5) is 2.41. The second-order valence-electron chi connectivity index (χ2n) is 10.4. The van der Waals surface area contributed by atoms with Crippen molar-refractivity contribution in [2.24, 2.45) is 0 Å². The SMILES string of the molecule is CCCOC1C(OC)=CC=C2C1=CN1CCc3cc4c(cc3C1=C2Cc1ccc(C(C)C)cc1)OCO4. The Kier molecular flexibility index (Phi) is 6.33. The Morgan fingerprint density at radius 3 is 2.57 bits per heavy atom. The number of hydrogen-bond acceptors (Lipinski definition) is 5. The molecule has 0 radical (unpaired) electrons. The van der Waals surface area contributed by atoms with E-state index in [1.54, 1.807) is 7.11 Å². The van der Waals surface area contributed by atoms with E-state index in [4.69, 9.17) is 18.9 Å². The fourth-order valence-corrected chi connectivity index (χ4v) is 5.72. The van der Waals surface area contributed by atoms with Crippen molar-refractivity contribution in [1.29, 1.82) is 0 Å². The van der Waals surface area contributed by atoms with Crippen LogP contribution in [0.15, 0.2) is 77.2 Å². The third kappa shape index (κ3) is 4.25. The number of allylic oxidation sites excluding steroid dienone is 3. The molecule has 4 aliphatic rings. The van der Waals surface area contributed by atoms with Gasteiger partial charge in [-0.25, -0.2) is 0 Å². The summed E-state index contributed by atoms with van der Waals surface area (Å²) in [5.74, 6) is 3.05. The number of ether oxygens (including phenoxy) is 4. The summed E-state index contributed by atoms with van der Waals surface area (Å²) in [6, 6.07) is 13.4. The van der Waals surface area contributed by atoms with Crippen molar-refractivity contribution in [3.05, 3.63) is 99.5 Å². The predicted octanol–water partition coefficient (Wildman–Crippen LogP) is 6.51. The second-order valence-corrected chi connectivity index (χ2v) is 10.4. The van der Waals surface area contributed by atoms with E-state index < -0.39 is 0 Å². The number of methoxy groups -OCH3 is 1. The van der Waals surface area contributed by atoms with E-state index in [0.29, 0.717) is 12.5 Å². The monoisotopic (exact) mass is 497 g/mol. The van der Waals surface area contributed by atoms with Gasteiger partial charge >= 0.3 is 0 Å². The summed E-state index contributed by atoms with van der Waals surface area (Å²) in [6.07, 6.45) is 9.10. The van der Waals surface area contributed by atoms with Crippen LogP contribution in [0, 0.1) is 0 Å². The molecule has 0 N–H and O–H groups in total. The van der Waals surface area contributed by atoms with Crippen LogP contribution in [0.3, 0.4) is 0 Å². The highest BCUT2D eigenvalue weighted by Gasteiger charge is 2.37. The zero-order valence-electron chi connectivity index (χ0n) is 22.2. The fraction of sp³-hybridized carbons (Fsp3) is 0.375. The van der Waals surface area contributed by atoms with Crippen molar-refractivity contribution in [2.75, 3.05) is 27.1 Å². The molecule has 1 unspecified atom stereocenters. The van der Waals surface area contributed by atoms with Gasteiger partial charge in [0.05, 0.1) is 12.8 Å². The minimum Gasteiger partial charge on any atom is -0.498 e. The first-order chi connectivity index (χ1) is 18.1. The summed E-state index contributed by atoms with van der Waals surface area (Å²) < 4.78 is 23.6. The van der Waals surface area contributed by atoms with E-state index in [1.165, 1.54) is 44.7 Å². The van der Waals surface area contributed by atoms with Crippen molar-refractivity contribution in [1.82, 2.24) is 4.90 Å². The second kappa shape index (κ2) is 9.79. The Balaban J connectivity index is 1.50.